The van der Waals surface area contributed by atoms with E-state index in [0.29, 0.717) is 12.2 Å². The number of para-hydroxylation sites is 2. The summed E-state index contributed by atoms with van der Waals surface area (Å²) in [6, 6.07) is 9.18. The molecular formula is C18H23N5O2. The molecule has 2 amide bonds. The Balaban J connectivity index is 1.69. The smallest absolute Gasteiger partial charge is 0.241 e. The molecule has 2 atom stereocenters. The summed E-state index contributed by atoms with van der Waals surface area (Å²) >= 11 is 0. The van der Waals surface area contributed by atoms with E-state index < -0.39 is 0 Å². The van der Waals surface area contributed by atoms with Crippen LogP contribution in [0.2, 0.25) is 0 Å². The molecular weight excluding hydrogens is 318 g/mol. The number of carbonyl (C=O) groups excluding carboxylic acids is 2. The first-order valence-electron chi connectivity index (χ1n) is 8.46. The van der Waals surface area contributed by atoms with Gasteiger partial charge in [0, 0.05) is 30.9 Å². The zero-order valence-electron chi connectivity index (χ0n) is 14.5. The van der Waals surface area contributed by atoms with Crippen LogP contribution in [-0.4, -0.2) is 40.2 Å². The van der Waals surface area contributed by atoms with Gasteiger partial charge in [-0.2, -0.15) is 5.10 Å². The van der Waals surface area contributed by atoms with E-state index in [1.807, 2.05) is 55.1 Å². The van der Waals surface area contributed by atoms with E-state index in [1.54, 1.807) is 11.1 Å². The zero-order valence-corrected chi connectivity index (χ0v) is 14.5. The van der Waals surface area contributed by atoms with Crippen molar-refractivity contribution >= 4 is 23.2 Å². The van der Waals surface area contributed by atoms with Crippen molar-refractivity contribution in [1.29, 1.82) is 0 Å². The van der Waals surface area contributed by atoms with Crippen molar-refractivity contribution in [2.24, 2.45) is 0 Å². The van der Waals surface area contributed by atoms with E-state index >= 15 is 0 Å². The Morgan fingerprint density at radius 3 is 2.96 bits per heavy atom. The summed E-state index contributed by atoms with van der Waals surface area (Å²) in [6.07, 6.45) is 3.91. The molecule has 0 bridgehead atoms. The van der Waals surface area contributed by atoms with Crippen molar-refractivity contribution in [3.05, 3.63) is 42.7 Å². The number of nitrogens with zero attached hydrogens (tertiary/aromatic N) is 3. The molecule has 132 valence electrons. The highest BCUT2D eigenvalue weighted by Gasteiger charge is 2.29. The van der Waals surface area contributed by atoms with Crippen molar-refractivity contribution in [3.8, 4) is 0 Å². The van der Waals surface area contributed by atoms with Crippen LogP contribution in [0.4, 0.5) is 11.4 Å². The van der Waals surface area contributed by atoms with E-state index in [-0.39, 0.29) is 36.9 Å². The quantitative estimate of drug-likeness (QED) is 0.866. The average molecular weight is 341 g/mol. The third-order valence-corrected chi connectivity index (χ3v) is 4.25. The summed E-state index contributed by atoms with van der Waals surface area (Å²) in [5.41, 5.74) is 1.42. The lowest BCUT2D eigenvalue weighted by atomic mass is 10.1. The van der Waals surface area contributed by atoms with Gasteiger partial charge in [-0.3, -0.25) is 14.3 Å². The van der Waals surface area contributed by atoms with Gasteiger partial charge in [-0.1, -0.05) is 12.1 Å². The van der Waals surface area contributed by atoms with E-state index in [2.05, 4.69) is 15.7 Å². The number of anilines is 2. The molecule has 1 aliphatic heterocycles. The number of carbonyl (C=O) groups is 2. The van der Waals surface area contributed by atoms with E-state index in [1.165, 1.54) is 0 Å². The normalized spacial score (nSPS) is 18.2. The summed E-state index contributed by atoms with van der Waals surface area (Å²) in [7, 11) is 0. The second-order valence-corrected chi connectivity index (χ2v) is 6.39. The number of hydrogen-bond acceptors (Lipinski definition) is 4. The maximum absolute atomic E-state index is 12.8. The number of aromatic nitrogens is 2. The minimum absolute atomic E-state index is 0.0521. The van der Waals surface area contributed by atoms with Crippen LogP contribution in [-0.2, 0) is 16.1 Å². The van der Waals surface area contributed by atoms with Gasteiger partial charge in [0.2, 0.25) is 11.8 Å². The molecule has 1 aromatic carbocycles. The number of benzene rings is 1. The third kappa shape index (κ3) is 4.06. The molecule has 0 fully saturated rings. The van der Waals surface area contributed by atoms with Crippen LogP contribution in [0.1, 0.15) is 20.3 Å². The second-order valence-electron chi connectivity index (χ2n) is 6.39. The molecule has 0 aliphatic carbocycles. The van der Waals surface area contributed by atoms with Crippen molar-refractivity contribution in [2.45, 2.75) is 38.9 Å². The first kappa shape index (κ1) is 17.2. The van der Waals surface area contributed by atoms with E-state index in [9.17, 15) is 9.59 Å². The molecule has 25 heavy (non-hydrogen) atoms. The summed E-state index contributed by atoms with van der Waals surface area (Å²) in [5, 5.41) is 10.3. The number of amides is 2. The summed E-state index contributed by atoms with van der Waals surface area (Å²) < 4.78 is 1.83. The highest BCUT2D eigenvalue weighted by atomic mass is 16.2. The molecule has 0 saturated carbocycles. The van der Waals surface area contributed by atoms with Gasteiger partial charge in [0.25, 0.3) is 0 Å². The lowest BCUT2D eigenvalue weighted by Crippen LogP contribution is -2.46. The molecule has 0 radical (unpaired) electrons. The highest BCUT2D eigenvalue weighted by Crippen LogP contribution is 2.31. The van der Waals surface area contributed by atoms with Crippen LogP contribution >= 0.6 is 0 Å². The summed E-state index contributed by atoms with van der Waals surface area (Å²) in [6.45, 7) is 4.80. The van der Waals surface area contributed by atoms with E-state index in [0.717, 1.165) is 5.69 Å². The van der Waals surface area contributed by atoms with Crippen molar-refractivity contribution in [3.63, 3.8) is 0 Å². The van der Waals surface area contributed by atoms with Gasteiger partial charge in [-0.25, -0.2) is 0 Å². The minimum atomic E-state index is -0.195. The standard InChI is InChI=1S/C18H23N5O2/c1-13(12-22-9-5-8-20-22)19-11-18(25)23-14(2)10-17(24)21-15-6-3-4-7-16(15)23/h3-9,13-14,19H,10-12H2,1-2H3,(H,21,24)/t13-,14-/m1/s1. The second kappa shape index (κ2) is 7.48. The highest BCUT2D eigenvalue weighted by molar-refractivity contribution is 6.04. The van der Waals surface area contributed by atoms with Gasteiger partial charge in [-0.05, 0) is 32.0 Å². The Morgan fingerprint density at radius 2 is 2.20 bits per heavy atom. The molecule has 0 unspecified atom stereocenters. The topological polar surface area (TPSA) is 79.3 Å². The lowest BCUT2D eigenvalue weighted by molar-refractivity contribution is -0.118. The van der Waals surface area contributed by atoms with Crippen LogP contribution in [0.15, 0.2) is 42.7 Å². The molecule has 0 spiro atoms. The molecule has 2 heterocycles. The van der Waals surface area contributed by atoms with Crippen LogP contribution in [0.25, 0.3) is 0 Å². The molecule has 1 aliphatic rings. The van der Waals surface area contributed by atoms with Crippen LogP contribution in [0, 0.1) is 0 Å². The van der Waals surface area contributed by atoms with Gasteiger partial charge in [0.15, 0.2) is 0 Å². The summed E-state index contributed by atoms with van der Waals surface area (Å²) in [5.74, 6) is -0.126. The molecule has 7 nitrogen and oxygen atoms in total. The van der Waals surface area contributed by atoms with Crippen LogP contribution in [0.5, 0.6) is 0 Å². The average Bonchev–Trinajstić information content (AvgIpc) is 3.03. The first-order valence-corrected chi connectivity index (χ1v) is 8.46. The van der Waals surface area contributed by atoms with Crippen LogP contribution in [0.3, 0.4) is 0 Å². The Labute approximate surface area is 147 Å². The first-order chi connectivity index (χ1) is 12.0. The molecule has 2 N–H and O–H groups in total. The van der Waals surface area contributed by atoms with E-state index in [4.69, 9.17) is 0 Å². The SMILES string of the molecule is C[C@H](Cn1cccn1)NCC(=O)N1c2ccccc2NC(=O)C[C@H]1C. The molecule has 3 rings (SSSR count). The lowest BCUT2D eigenvalue weighted by Gasteiger charge is -2.28. The Hall–Kier alpha value is -2.67. The summed E-state index contributed by atoms with van der Waals surface area (Å²) in [4.78, 5) is 26.5. The van der Waals surface area contributed by atoms with Gasteiger partial charge < -0.3 is 15.5 Å². The monoisotopic (exact) mass is 341 g/mol. The maximum Gasteiger partial charge on any atom is 0.241 e. The fourth-order valence-electron chi connectivity index (χ4n) is 3.07. The van der Waals surface area contributed by atoms with Crippen LogP contribution < -0.4 is 15.5 Å². The third-order valence-electron chi connectivity index (χ3n) is 4.25. The van der Waals surface area contributed by atoms with Gasteiger partial charge in [0.1, 0.15) is 0 Å². The molecule has 0 saturated heterocycles. The van der Waals surface area contributed by atoms with Crippen molar-refractivity contribution in [2.75, 3.05) is 16.8 Å². The minimum Gasteiger partial charge on any atom is -0.324 e. The molecule has 7 heteroatoms. The Kier molecular flexibility index (Phi) is 5.14. The number of hydrogen-bond donors (Lipinski definition) is 2. The molecule has 1 aromatic heterocycles. The number of fused-ring (bicyclic) bond motifs is 1. The van der Waals surface area contributed by atoms with Gasteiger partial charge >= 0.3 is 0 Å². The fourth-order valence-corrected chi connectivity index (χ4v) is 3.07. The zero-order chi connectivity index (χ0) is 17.8. The van der Waals surface area contributed by atoms with Crippen molar-refractivity contribution < 1.29 is 9.59 Å². The Bertz CT molecular complexity index is 744. The largest absolute Gasteiger partial charge is 0.324 e. The fraction of sp³-hybridized carbons (Fsp3) is 0.389. The van der Waals surface area contributed by atoms with Crippen molar-refractivity contribution in [1.82, 2.24) is 15.1 Å². The Morgan fingerprint density at radius 1 is 1.40 bits per heavy atom. The number of rotatable bonds is 5. The predicted molar refractivity (Wildman–Crippen MR) is 96.3 cm³/mol. The maximum atomic E-state index is 12.8. The molecule has 2 aromatic rings. The van der Waals surface area contributed by atoms with Gasteiger partial charge in [0.05, 0.1) is 24.5 Å². The van der Waals surface area contributed by atoms with Gasteiger partial charge in [-0.15, -0.1) is 0 Å². The predicted octanol–water partition coefficient (Wildman–Crippen LogP) is 1.63. The number of nitrogens with one attached hydrogen (secondary N) is 2.